The molecule has 0 aromatic heterocycles. The molecule has 3 aromatic carbocycles. The smallest absolute Gasteiger partial charge is 0.318 e. The van der Waals surface area contributed by atoms with E-state index < -0.39 is 23.3 Å². The van der Waals surface area contributed by atoms with Gasteiger partial charge in [0.25, 0.3) is 0 Å². The highest BCUT2D eigenvalue weighted by atomic mass is 17.2. The predicted octanol–water partition coefficient (Wildman–Crippen LogP) is 6.05. The van der Waals surface area contributed by atoms with E-state index in [0.29, 0.717) is 24.5 Å². The third-order valence-electron chi connectivity index (χ3n) is 6.75. The first kappa shape index (κ1) is 25.2. The van der Waals surface area contributed by atoms with Crippen LogP contribution < -0.4 is 9.62 Å². The quantitative estimate of drug-likeness (QED) is 0.0916. The molecule has 3 aromatic rings. The van der Waals surface area contributed by atoms with Crippen LogP contribution in [0.4, 0.5) is 0 Å². The Hall–Kier alpha value is -3.90. The number of hydrogen-bond acceptors (Lipinski definition) is 6. The minimum atomic E-state index is -0.967. The lowest BCUT2D eigenvalue weighted by atomic mass is 9.52. The average molecular weight is 487 g/mol. The molecule has 6 heteroatoms. The van der Waals surface area contributed by atoms with E-state index in [9.17, 15) is 9.59 Å². The highest BCUT2D eigenvalue weighted by Gasteiger charge is 2.61. The van der Waals surface area contributed by atoms with E-state index in [4.69, 9.17) is 19.2 Å². The van der Waals surface area contributed by atoms with Crippen LogP contribution in [-0.4, -0.2) is 25.7 Å². The van der Waals surface area contributed by atoms with Gasteiger partial charge < -0.3 is 14.4 Å². The maximum atomic E-state index is 13.2. The van der Waals surface area contributed by atoms with E-state index in [-0.39, 0.29) is 5.92 Å². The number of ether oxygens (including phenoxy) is 2. The Bertz CT molecular complexity index is 1210. The normalized spacial score (nSPS) is 20.6. The monoisotopic (exact) mass is 486 g/mol. The van der Waals surface area contributed by atoms with Gasteiger partial charge in [-0.2, -0.15) is 4.89 Å². The molecule has 0 aliphatic heterocycles. The fourth-order valence-corrected chi connectivity index (χ4v) is 4.66. The predicted molar refractivity (Wildman–Crippen MR) is 136 cm³/mol. The lowest BCUT2D eigenvalue weighted by Gasteiger charge is -2.49. The molecule has 0 radical (unpaired) electrons. The van der Waals surface area contributed by atoms with Crippen molar-refractivity contribution in [3.63, 3.8) is 0 Å². The second kappa shape index (κ2) is 10.8. The summed E-state index contributed by atoms with van der Waals surface area (Å²) in [6, 6.07) is 22.7. The van der Waals surface area contributed by atoms with Gasteiger partial charge >= 0.3 is 11.9 Å². The number of esters is 2. The van der Waals surface area contributed by atoms with Crippen LogP contribution in [0.25, 0.3) is 11.1 Å². The molecule has 0 saturated heterocycles. The van der Waals surface area contributed by atoms with Gasteiger partial charge in [0, 0.05) is 0 Å². The van der Waals surface area contributed by atoms with Gasteiger partial charge in [-0.25, -0.2) is 0 Å². The highest BCUT2D eigenvalue weighted by molar-refractivity contribution is 5.89. The lowest BCUT2D eigenvalue weighted by molar-refractivity contribution is -0.195. The summed E-state index contributed by atoms with van der Waals surface area (Å²) in [5.41, 5.74) is 3.12. The summed E-state index contributed by atoms with van der Waals surface area (Å²) in [4.78, 5) is 36.0. The number of rotatable bonds is 9. The minimum Gasteiger partial charge on any atom is -0.469 e. The lowest BCUT2D eigenvalue weighted by Crippen LogP contribution is -2.55. The molecule has 1 fully saturated rings. The molecule has 186 valence electrons. The van der Waals surface area contributed by atoms with E-state index in [1.54, 1.807) is 37.3 Å². The third-order valence-corrected chi connectivity index (χ3v) is 6.75. The summed E-state index contributed by atoms with van der Waals surface area (Å²) in [5.74, 6) is -0.520. The zero-order valence-corrected chi connectivity index (χ0v) is 20.7. The van der Waals surface area contributed by atoms with Gasteiger partial charge in [-0.3, -0.25) is 9.59 Å². The topological polar surface area (TPSA) is 71.1 Å². The Morgan fingerprint density at radius 2 is 1.53 bits per heavy atom. The Morgan fingerprint density at radius 1 is 0.944 bits per heavy atom. The minimum absolute atomic E-state index is 0.0907. The maximum Gasteiger partial charge on any atom is 0.318 e. The molecule has 36 heavy (non-hydrogen) atoms. The van der Waals surface area contributed by atoms with Gasteiger partial charge in [-0.1, -0.05) is 60.2 Å². The van der Waals surface area contributed by atoms with Crippen LogP contribution >= 0.6 is 0 Å². The Labute approximate surface area is 211 Å². The van der Waals surface area contributed by atoms with Crippen molar-refractivity contribution >= 4 is 11.9 Å². The van der Waals surface area contributed by atoms with Crippen molar-refractivity contribution in [2.75, 3.05) is 13.7 Å². The summed E-state index contributed by atoms with van der Waals surface area (Å²) in [5, 5.41) is 0. The van der Waals surface area contributed by atoms with E-state index in [1.165, 1.54) is 7.11 Å². The highest BCUT2D eigenvalue weighted by Crippen LogP contribution is 2.57. The molecule has 0 amide bonds. The van der Waals surface area contributed by atoms with Gasteiger partial charge in [-0.05, 0) is 67.1 Å². The standard InChI is InChI=1S/C30H30O6/c1-5-18-34-36-25-16-12-22(13-17-25)21-10-14-24(15-11-21)35-29(32)30(3)19-26(27(30)28(31)33-4)23-8-6-20(2)7-9-23/h5-17,26-27H,1,18-19H2,2-4H3. The van der Waals surface area contributed by atoms with Crippen LogP contribution in [0.15, 0.2) is 85.5 Å². The summed E-state index contributed by atoms with van der Waals surface area (Å²) >= 11 is 0. The molecule has 1 saturated carbocycles. The van der Waals surface area contributed by atoms with Gasteiger partial charge in [0.1, 0.15) is 12.4 Å². The van der Waals surface area contributed by atoms with Gasteiger partial charge in [0.15, 0.2) is 5.75 Å². The summed E-state index contributed by atoms with van der Waals surface area (Å²) in [6.45, 7) is 7.66. The van der Waals surface area contributed by atoms with Crippen LogP contribution in [0, 0.1) is 18.3 Å². The van der Waals surface area contributed by atoms with Crippen molar-refractivity contribution in [2.45, 2.75) is 26.2 Å². The molecule has 0 heterocycles. The SMILES string of the molecule is C=CCOOc1ccc(-c2ccc(OC(=O)C3(C)CC(c4ccc(C)cc4)C3C(=O)OC)cc2)cc1. The van der Waals surface area contributed by atoms with Crippen molar-refractivity contribution in [1.29, 1.82) is 0 Å². The molecular formula is C30H30O6. The van der Waals surface area contributed by atoms with Crippen molar-refractivity contribution in [3.05, 3.63) is 96.6 Å². The molecule has 0 spiro atoms. The first-order chi connectivity index (χ1) is 17.4. The van der Waals surface area contributed by atoms with Crippen molar-refractivity contribution < 1.29 is 28.8 Å². The first-order valence-corrected chi connectivity index (χ1v) is 11.8. The first-order valence-electron chi connectivity index (χ1n) is 11.8. The Morgan fingerprint density at radius 3 is 2.08 bits per heavy atom. The van der Waals surface area contributed by atoms with Crippen LogP contribution in [0.3, 0.4) is 0 Å². The average Bonchev–Trinajstić information content (AvgIpc) is 2.88. The second-order valence-corrected chi connectivity index (χ2v) is 9.23. The van der Waals surface area contributed by atoms with E-state index in [1.807, 2.05) is 55.5 Å². The molecule has 0 bridgehead atoms. The van der Waals surface area contributed by atoms with Gasteiger partial charge in [0.05, 0.1) is 18.4 Å². The summed E-state index contributed by atoms with van der Waals surface area (Å²) < 4.78 is 10.8. The van der Waals surface area contributed by atoms with Gasteiger partial charge in [-0.15, -0.1) is 6.58 Å². The zero-order chi connectivity index (χ0) is 25.7. The number of aryl methyl sites for hydroxylation is 1. The summed E-state index contributed by atoms with van der Waals surface area (Å²) in [7, 11) is 1.35. The van der Waals surface area contributed by atoms with Crippen LogP contribution in [-0.2, 0) is 19.2 Å². The number of methoxy groups -OCH3 is 1. The summed E-state index contributed by atoms with van der Waals surface area (Å²) in [6.07, 6.45) is 2.11. The van der Waals surface area contributed by atoms with Crippen LogP contribution in [0.5, 0.6) is 11.5 Å². The molecule has 3 atom stereocenters. The molecule has 4 rings (SSSR count). The maximum absolute atomic E-state index is 13.2. The van der Waals surface area contributed by atoms with Gasteiger partial charge in [0.2, 0.25) is 0 Å². The molecule has 6 nitrogen and oxygen atoms in total. The number of hydrogen-bond donors (Lipinski definition) is 0. The van der Waals surface area contributed by atoms with Crippen LogP contribution in [0.1, 0.15) is 30.4 Å². The molecule has 1 aliphatic carbocycles. The number of carbonyl (C=O) groups is 2. The number of benzene rings is 3. The van der Waals surface area contributed by atoms with E-state index in [2.05, 4.69) is 6.58 Å². The van der Waals surface area contributed by atoms with E-state index in [0.717, 1.165) is 22.3 Å². The largest absolute Gasteiger partial charge is 0.469 e. The van der Waals surface area contributed by atoms with Crippen LogP contribution in [0.2, 0.25) is 0 Å². The third kappa shape index (κ3) is 5.19. The molecular weight excluding hydrogens is 456 g/mol. The van der Waals surface area contributed by atoms with Crippen molar-refractivity contribution in [1.82, 2.24) is 0 Å². The fraction of sp³-hybridized carbons (Fsp3) is 0.267. The van der Waals surface area contributed by atoms with E-state index >= 15 is 0 Å². The molecule has 3 unspecified atom stereocenters. The molecule has 1 aliphatic rings. The Balaban J connectivity index is 1.43. The van der Waals surface area contributed by atoms with Crippen molar-refractivity contribution in [2.24, 2.45) is 11.3 Å². The van der Waals surface area contributed by atoms with Crippen molar-refractivity contribution in [3.8, 4) is 22.6 Å². The zero-order valence-electron chi connectivity index (χ0n) is 20.7. The fourth-order valence-electron chi connectivity index (χ4n) is 4.66. The molecule has 0 N–H and O–H groups in total. The second-order valence-electron chi connectivity index (χ2n) is 9.23. The number of carbonyl (C=O) groups excluding carboxylic acids is 2. The Kier molecular flexibility index (Phi) is 7.55.